The fourth-order valence-electron chi connectivity index (χ4n) is 2.36. The van der Waals surface area contributed by atoms with Gasteiger partial charge in [-0.1, -0.05) is 63.6 Å². The third-order valence-electron chi connectivity index (χ3n) is 3.66. The van der Waals surface area contributed by atoms with Crippen molar-refractivity contribution in [2.24, 2.45) is 0 Å². The second kappa shape index (κ2) is 7.15. The fraction of sp³-hybridized carbons (Fsp3) is 0.0556. The number of fused-ring (bicyclic) bond motifs is 1. The van der Waals surface area contributed by atoms with Crippen LogP contribution in [0.3, 0.4) is 0 Å². The first-order chi connectivity index (χ1) is 12.2. The van der Waals surface area contributed by atoms with Crippen LogP contribution in [0.15, 0.2) is 70.3 Å². The van der Waals surface area contributed by atoms with Crippen molar-refractivity contribution in [3.05, 3.63) is 75.7 Å². The van der Waals surface area contributed by atoms with Crippen LogP contribution in [-0.2, 0) is 5.75 Å². The Morgan fingerprint density at radius 1 is 0.920 bits per heavy atom. The van der Waals surface area contributed by atoms with Crippen LogP contribution in [0.4, 0.5) is 0 Å². The first kappa shape index (κ1) is 16.6. The summed E-state index contributed by atoms with van der Waals surface area (Å²) < 4.78 is 2.86. The predicted octanol–water partition coefficient (Wildman–Crippen LogP) is 5.50. The van der Waals surface area contributed by atoms with Gasteiger partial charge in [-0.2, -0.15) is 9.61 Å². The van der Waals surface area contributed by atoms with Gasteiger partial charge < -0.3 is 0 Å². The lowest BCUT2D eigenvalue weighted by atomic mass is 10.1. The Hall–Kier alpha value is -1.89. The molecule has 4 aromatic rings. The van der Waals surface area contributed by atoms with E-state index in [9.17, 15) is 0 Å². The van der Waals surface area contributed by atoms with E-state index in [0.717, 1.165) is 32.3 Å². The minimum Gasteiger partial charge on any atom is -0.187 e. The molecule has 4 rings (SSSR count). The molecule has 0 unspecified atom stereocenters. The molecule has 2 aromatic heterocycles. The number of rotatable bonds is 4. The summed E-state index contributed by atoms with van der Waals surface area (Å²) in [6, 6.07) is 19.7. The quantitative estimate of drug-likeness (QED) is 0.400. The topological polar surface area (TPSA) is 43.1 Å². The van der Waals surface area contributed by atoms with E-state index in [1.807, 2.05) is 48.5 Å². The first-order valence-corrected chi connectivity index (χ1v) is 9.70. The maximum absolute atomic E-state index is 5.96. The summed E-state index contributed by atoms with van der Waals surface area (Å²) in [6.07, 6.45) is 0. The SMILES string of the molecule is Clc1ccc(-c2ccc3nnc(SCc4ccc(Br)cc4)n3n2)cc1. The Kier molecular flexibility index (Phi) is 4.74. The van der Waals surface area contributed by atoms with Crippen molar-refractivity contribution in [3.63, 3.8) is 0 Å². The van der Waals surface area contributed by atoms with Gasteiger partial charge in [-0.25, -0.2) is 0 Å². The van der Waals surface area contributed by atoms with Gasteiger partial charge in [0.1, 0.15) is 0 Å². The lowest BCUT2D eigenvalue weighted by Gasteiger charge is -2.04. The molecule has 0 saturated carbocycles. The van der Waals surface area contributed by atoms with E-state index in [2.05, 4.69) is 43.4 Å². The maximum atomic E-state index is 5.96. The van der Waals surface area contributed by atoms with Crippen LogP contribution >= 0.6 is 39.3 Å². The molecule has 0 spiro atoms. The molecule has 0 aliphatic carbocycles. The largest absolute Gasteiger partial charge is 0.212 e. The highest BCUT2D eigenvalue weighted by molar-refractivity contribution is 9.10. The molecule has 25 heavy (non-hydrogen) atoms. The smallest absolute Gasteiger partial charge is 0.187 e. The van der Waals surface area contributed by atoms with E-state index in [1.54, 1.807) is 16.3 Å². The molecule has 0 radical (unpaired) electrons. The predicted molar refractivity (Wildman–Crippen MR) is 105 cm³/mol. The van der Waals surface area contributed by atoms with Gasteiger partial charge in [0.25, 0.3) is 0 Å². The number of nitrogens with zero attached hydrogens (tertiary/aromatic N) is 4. The van der Waals surface area contributed by atoms with Crippen LogP contribution in [0.5, 0.6) is 0 Å². The van der Waals surface area contributed by atoms with Crippen molar-refractivity contribution in [1.82, 2.24) is 19.8 Å². The van der Waals surface area contributed by atoms with Crippen molar-refractivity contribution in [2.45, 2.75) is 10.9 Å². The molecule has 0 saturated heterocycles. The molecule has 0 aliphatic rings. The molecule has 0 aliphatic heterocycles. The molecule has 0 bridgehead atoms. The van der Waals surface area contributed by atoms with Crippen LogP contribution in [0, 0.1) is 0 Å². The zero-order valence-corrected chi connectivity index (χ0v) is 16.1. The molecule has 2 heterocycles. The normalized spacial score (nSPS) is 11.1. The van der Waals surface area contributed by atoms with Gasteiger partial charge in [0.05, 0.1) is 5.69 Å². The minimum atomic E-state index is 0.708. The summed E-state index contributed by atoms with van der Waals surface area (Å²) in [5, 5.41) is 14.6. The Bertz CT molecular complexity index is 1020. The second-order valence-electron chi connectivity index (χ2n) is 5.39. The number of hydrogen-bond donors (Lipinski definition) is 0. The van der Waals surface area contributed by atoms with Crippen molar-refractivity contribution < 1.29 is 0 Å². The first-order valence-electron chi connectivity index (χ1n) is 7.55. The Morgan fingerprint density at radius 2 is 1.68 bits per heavy atom. The van der Waals surface area contributed by atoms with Gasteiger partial charge in [-0.15, -0.1) is 10.2 Å². The summed E-state index contributed by atoms with van der Waals surface area (Å²) in [4.78, 5) is 0. The molecule has 7 heteroatoms. The van der Waals surface area contributed by atoms with E-state index in [1.165, 1.54) is 5.56 Å². The van der Waals surface area contributed by atoms with Crippen LogP contribution in [0.2, 0.25) is 5.02 Å². The molecule has 124 valence electrons. The van der Waals surface area contributed by atoms with Crippen molar-refractivity contribution in [3.8, 4) is 11.3 Å². The lowest BCUT2D eigenvalue weighted by molar-refractivity contribution is 0.813. The Balaban J connectivity index is 1.62. The number of hydrogen-bond acceptors (Lipinski definition) is 4. The molecule has 2 aromatic carbocycles. The van der Waals surface area contributed by atoms with E-state index in [4.69, 9.17) is 11.6 Å². The second-order valence-corrected chi connectivity index (χ2v) is 7.69. The maximum Gasteiger partial charge on any atom is 0.212 e. The number of halogens is 2. The van der Waals surface area contributed by atoms with Gasteiger partial charge in [0, 0.05) is 20.8 Å². The van der Waals surface area contributed by atoms with Crippen molar-refractivity contribution in [2.75, 3.05) is 0 Å². The molecule has 0 fully saturated rings. The fourth-order valence-corrected chi connectivity index (χ4v) is 3.60. The van der Waals surface area contributed by atoms with Gasteiger partial charge in [-0.05, 0) is 42.0 Å². The molecule has 0 atom stereocenters. The van der Waals surface area contributed by atoms with Crippen molar-refractivity contribution >= 4 is 44.9 Å². The van der Waals surface area contributed by atoms with Crippen LogP contribution in [-0.4, -0.2) is 19.8 Å². The van der Waals surface area contributed by atoms with Crippen LogP contribution in [0.1, 0.15) is 5.56 Å². The van der Waals surface area contributed by atoms with Gasteiger partial charge in [0.15, 0.2) is 5.65 Å². The lowest BCUT2D eigenvalue weighted by Crippen LogP contribution is -1.96. The highest BCUT2D eigenvalue weighted by Crippen LogP contribution is 2.24. The molecular weight excluding hydrogens is 420 g/mol. The number of benzene rings is 2. The van der Waals surface area contributed by atoms with Crippen LogP contribution in [0.25, 0.3) is 16.9 Å². The number of thioether (sulfide) groups is 1. The van der Waals surface area contributed by atoms with Gasteiger partial charge >= 0.3 is 0 Å². The van der Waals surface area contributed by atoms with E-state index >= 15 is 0 Å². The highest BCUT2D eigenvalue weighted by Gasteiger charge is 2.09. The average molecular weight is 432 g/mol. The van der Waals surface area contributed by atoms with Gasteiger partial charge in [-0.3, -0.25) is 0 Å². The van der Waals surface area contributed by atoms with E-state index < -0.39 is 0 Å². The molecular formula is C18H12BrClN4S. The summed E-state index contributed by atoms with van der Waals surface area (Å²) in [5.74, 6) is 0.806. The Labute approximate surface area is 162 Å². The summed E-state index contributed by atoms with van der Waals surface area (Å²) >= 11 is 11.0. The van der Waals surface area contributed by atoms with E-state index in [0.29, 0.717) is 5.02 Å². The van der Waals surface area contributed by atoms with Crippen molar-refractivity contribution in [1.29, 1.82) is 0 Å². The standard InChI is InChI=1S/C18H12BrClN4S/c19-14-5-1-12(2-6-14)11-25-18-22-21-17-10-9-16(23-24(17)18)13-3-7-15(20)8-4-13/h1-10H,11H2. The third-order valence-corrected chi connectivity index (χ3v) is 5.43. The zero-order valence-electron chi connectivity index (χ0n) is 12.9. The highest BCUT2D eigenvalue weighted by atomic mass is 79.9. The molecule has 4 nitrogen and oxygen atoms in total. The summed E-state index contributed by atoms with van der Waals surface area (Å²) in [7, 11) is 0. The minimum absolute atomic E-state index is 0.708. The van der Waals surface area contributed by atoms with Crippen LogP contribution < -0.4 is 0 Å². The molecule has 0 amide bonds. The third kappa shape index (κ3) is 3.71. The summed E-state index contributed by atoms with van der Waals surface area (Å²) in [6.45, 7) is 0. The number of aromatic nitrogens is 4. The zero-order chi connectivity index (χ0) is 17.2. The van der Waals surface area contributed by atoms with Gasteiger partial charge in [0.2, 0.25) is 5.16 Å². The van der Waals surface area contributed by atoms with E-state index in [-0.39, 0.29) is 0 Å². The summed E-state index contributed by atoms with van der Waals surface area (Å²) in [5.41, 5.74) is 3.81. The molecule has 0 N–H and O–H groups in total. The monoisotopic (exact) mass is 430 g/mol. The Morgan fingerprint density at radius 3 is 2.44 bits per heavy atom. The average Bonchev–Trinajstić information content (AvgIpc) is 3.04.